The number of ether oxygens (including phenoxy) is 1. The number of carbonyl (C=O) groups excluding carboxylic acids is 2. The SMILES string of the molecule is CC(=O)C(=[N+]=[N-])C(=O)O[C@H]1CC[C@@]2(C)C(=CC[C@H]3[C@@H]4CC[C@H]([C@H](C)CCCC(C)C)[C@@]4(C)CC[C@@H]32)C1. The highest BCUT2D eigenvalue weighted by atomic mass is 16.5. The molecule has 0 aromatic carbocycles. The fraction of sp³-hybridized carbons (Fsp3) is 0.839. The Kier molecular flexibility index (Phi) is 8.01. The molecule has 0 unspecified atom stereocenters. The first-order valence-electron chi connectivity index (χ1n) is 14.6. The number of esters is 1. The number of hydrogen-bond acceptors (Lipinski definition) is 3. The highest BCUT2D eigenvalue weighted by molar-refractivity contribution is 6.61. The molecule has 200 valence electrons. The van der Waals surface area contributed by atoms with Gasteiger partial charge in [0.15, 0.2) is 0 Å². The molecule has 0 heterocycles. The van der Waals surface area contributed by atoms with Gasteiger partial charge in [0.1, 0.15) is 6.10 Å². The Bertz CT molecular complexity index is 947. The third-order valence-corrected chi connectivity index (χ3v) is 11.2. The smallest absolute Gasteiger partial charge is 0.441 e. The summed E-state index contributed by atoms with van der Waals surface area (Å²) in [6.07, 6.45) is 15.5. The molecule has 3 saturated carbocycles. The van der Waals surface area contributed by atoms with Crippen LogP contribution in [0.5, 0.6) is 0 Å². The Morgan fingerprint density at radius 1 is 1.08 bits per heavy atom. The van der Waals surface area contributed by atoms with Crippen molar-refractivity contribution in [3.05, 3.63) is 17.2 Å². The second-order valence-electron chi connectivity index (χ2n) is 13.6. The predicted octanol–water partition coefficient (Wildman–Crippen LogP) is 7.20. The first-order chi connectivity index (χ1) is 17.0. The molecule has 0 saturated heterocycles. The lowest BCUT2D eigenvalue weighted by atomic mass is 9.47. The van der Waals surface area contributed by atoms with Crippen LogP contribution in [0, 0.1) is 46.3 Å². The van der Waals surface area contributed by atoms with Gasteiger partial charge in [0.25, 0.3) is 0 Å². The van der Waals surface area contributed by atoms with E-state index in [1.54, 1.807) is 0 Å². The monoisotopic (exact) mass is 496 g/mol. The Morgan fingerprint density at radius 2 is 1.83 bits per heavy atom. The maximum absolute atomic E-state index is 12.3. The van der Waals surface area contributed by atoms with Crippen LogP contribution >= 0.6 is 0 Å². The molecular formula is C31H48N2O3. The van der Waals surface area contributed by atoms with Crippen molar-refractivity contribution in [1.29, 1.82) is 0 Å². The van der Waals surface area contributed by atoms with Gasteiger partial charge in [0, 0.05) is 13.3 Å². The van der Waals surface area contributed by atoms with Crippen LogP contribution in [0.15, 0.2) is 11.6 Å². The number of rotatable bonds is 8. The second-order valence-corrected chi connectivity index (χ2v) is 13.6. The van der Waals surface area contributed by atoms with Gasteiger partial charge in [-0.2, -0.15) is 4.79 Å². The summed E-state index contributed by atoms with van der Waals surface area (Å²) in [6.45, 7) is 13.5. The van der Waals surface area contributed by atoms with E-state index >= 15 is 0 Å². The van der Waals surface area contributed by atoms with Crippen molar-refractivity contribution in [3.8, 4) is 0 Å². The zero-order chi connectivity index (χ0) is 26.3. The fourth-order valence-electron chi connectivity index (χ4n) is 9.21. The van der Waals surface area contributed by atoms with Crippen LogP contribution in [0.2, 0.25) is 0 Å². The molecule has 0 N–H and O–H groups in total. The van der Waals surface area contributed by atoms with Crippen molar-refractivity contribution in [1.82, 2.24) is 0 Å². The molecule has 0 radical (unpaired) electrons. The van der Waals surface area contributed by atoms with Gasteiger partial charge in [-0.25, -0.2) is 4.79 Å². The topological polar surface area (TPSA) is 79.8 Å². The summed E-state index contributed by atoms with van der Waals surface area (Å²) in [5.74, 6) is 3.45. The van der Waals surface area contributed by atoms with Crippen LogP contribution in [0.1, 0.15) is 112 Å². The summed E-state index contributed by atoms with van der Waals surface area (Å²) in [4.78, 5) is 26.8. The van der Waals surface area contributed by atoms with Crippen molar-refractivity contribution < 1.29 is 19.1 Å². The number of Topliss-reactive ketones (excluding diaryl/α,β-unsaturated/α-hetero) is 1. The van der Waals surface area contributed by atoms with Crippen molar-refractivity contribution >= 4 is 17.5 Å². The summed E-state index contributed by atoms with van der Waals surface area (Å²) < 4.78 is 5.62. The lowest BCUT2D eigenvalue weighted by molar-refractivity contribution is -0.149. The number of ketones is 1. The van der Waals surface area contributed by atoms with Crippen LogP contribution in [0.4, 0.5) is 0 Å². The van der Waals surface area contributed by atoms with Gasteiger partial charge in [-0.05, 0) is 91.3 Å². The van der Waals surface area contributed by atoms with Gasteiger partial charge in [0.05, 0.1) is 0 Å². The highest BCUT2D eigenvalue weighted by Gasteiger charge is 2.59. The Balaban J connectivity index is 1.44. The molecule has 0 aliphatic heterocycles. The summed E-state index contributed by atoms with van der Waals surface area (Å²) in [5, 5.41) is 0. The van der Waals surface area contributed by atoms with E-state index in [4.69, 9.17) is 10.3 Å². The Morgan fingerprint density at radius 3 is 2.50 bits per heavy atom. The number of nitrogens with zero attached hydrogens (tertiary/aromatic N) is 2. The number of carbonyl (C=O) groups is 2. The number of fused-ring (bicyclic) bond motifs is 5. The molecule has 0 spiro atoms. The van der Waals surface area contributed by atoms with Gasteiger partial charge in [0.2, 0.25) is 5.78 Å². The molecule has 5 nitrogen and oxygen atoms in total. The van der Waals surface area contributed by atoms with Crippen LogP contribution in [0.3, 0.4) is 0 Å². The van der Waals surface area contributed by atoms with Gasteiger partial charge >= 0.3 is 11.7 Å². The lowest BCUT2D eigenvalue weighted by Crippen LogP contribution is -2.51. The Labute approximate surface area is 218 Å². The molecule has 5 heteroatoms. The predicted molar refractivity (Wildman–Crippen MR) is 142 cm³/mol. The quantitative estimate of drug-likeness (QED) is 0.0890. The third kappa shape index (κ3) is 4.89. The molecule has 0 amide bonds. The van der Waals surface area contributed by atoms with E-state index in [0.29, 0.717) is 11.3 Å². The van der Waals surface area contributed by atoms with Crippen molar-refractivity contribution in [2.24, 2.45) is 46.3 Å². The van der Waals surface area contributed by atoms with E-state index in [2.05, 4.69) is 45.5 Å². The van der Waals surface area contributed by atoms with Crippen LogP contribution in [-0.2, 0) is 14.3 Å². The van der Waals surface area contributed by atoms with E-state index in [1.165, 1.54) is 57.4 Å². The minimum absolute atomic E-state index is 0.183. The number of hydrogen-bond donors (Lipinski definition) is 0. The zero-order valence-corrected chi connectivity index (χ0v) is 23.5. The molecule has 36 heavy (non-hydrogen) atoms. The Hall–Kier alpha value is -1.74. The van der Waals surface area contributed by atoms with E-state index in [-0.39, 0.29) is 11.5 Å². The fourth-order valence-corrected chi connectivity index (χ4v) is 9.21. The average molecular weight is 497 g/mol. The summed E-state index contributed by atoms with van der Waals surface area (Å²) in [7, 11) is 0. The van der Waals surface area contributed by atoms with Gasteiger partial charge in [-0.15, -0.1) is 0 Å². The normalized spacial score (nSPS) is 38.2. The highest BCUT2D eigenvalue weighted by Crippen LogP contribution is 2.67. The molecule has 0 aromatic rings. The molecule has 0 bridgehead atoms. The van der Waals surface area contributed by atoms with E-state index in [0.717, 1.165) is 55.3 Å². The summed E-state index contributed by atoms with van der Waals surface area (Å²) in [6, 6.07) is 0. The lowest BCUT2D eigenvalue weighted by Gasteiger charge is -2.58. The van der Waals surface area contributed by atoms with E-state index in [1.807, 2.05) is 0 Å². The summed E-state index contributed by atoms with van der Waals surface area (Å²) >= 11 is 0. The van der Waals surface area contributed by atoms with Crippen LogP contribution < -0.4 is 0 Å². The molecule has 4 aliphatic carbocycles. The molecule has 8 atom stereocenters. The minimum Gasteiger partial charge on any atom is -0.453 e. The van der Waals surface area contributed by atoms with E-state index < -0.39 is 17.5 Å². The molecule has 0 aromatic heterocycles. The van der Waals surface area contributed by atoms with Gasteiger partial charge < -0.3 is 10.3 Å². The second kappa shape index (κ2) is 10.6. The van der Waals surface area contributed by atoms with Gasteiger partial charge in [-0.1, -0.05) is 65.5 Å². The molecular weight excluding hydrogens is 448 g/mol. The summed E-state index contributed by atoms with van der Waals surface area (Å²) in [5.41, 5.74) is 10.6. The maximum atomic E-state index is 12.3. The maximum Gasteiger partial charge on any atom is 0.441 e. The molecule has 4 rings (SSSR count). The van der Waals surface area contributed by atoms with Crippen molar-refractivity contribution in [3.63, 3.8) is 0 Å². The van der Waals surface area contributed by atoms with Gasteiger partial charge in [-0.3, -0.25) is 4.79 Å². The van der Waals surface area contributed by atoms with Crippen LogP contribution in [0.25, 0.3) is 5.53 Å². The standard InChI is InChI=1S/C31H48N2O3/c1-19(2)8-7-9-20(3)25-12-13-26-24-11-10-22-18-23(36-29(35)28(33-32)21(4)34)14-16-30(22,5)27(24)15-17-31(25,26)6/h10,19-20,23-27H,7-9,11-18H2,1-6H3/t20-,23+,24+,25-,26+,27+,30+,31-/m1/s1. The first kappa shape index (κ1) is 27.3. The first-order valence-corrected chi connectivity index (χ1v) is 14.6. The average Bonchev–Trinajstić information content (AvgIpc) is 3.16. The molecule has 4 aliphatic rings. The van der Waals surface area contributed by atoms with Crippen LogP contribution in [-0.4, -0.2) is 28.4 Å². The minimum atomic E-state index is -0.805. The van der Waals surface area contributed by atoms with Crippen molar-refractivity contribution in [2.75, 3.05) is 0 Å². The largest absolute Gasteiger partial charge is 0.453 e. The third-order valence-electron chi connectivity index (χ3n) is 11.2. The molecule has 3 fully saturated rings. The number of allylic oxidation sites excluding steroid dienone is 1. The van der Waals surface area contributed by atoms with Crippen molar-refractivity contribution in [2.45, 2.75) is 118 Å². The van der Waals surface area contributed by atoms with E-state index in [9.17, 15) is 9.59 Å². The zero-order valence-electron chi connectivity index (χ0n) is 23.5.